The van der Waals surface area contributed by atoms with Crippen molar-refractivity contribution in [1.29, 1.82) is 0 Å². The maximum Gasteiger partial charge on any atom is 0.191 e. The molecule has 0 amide bonds. The lowest BCUT2D eigenvalue weighted by Crippen LogP contribution is -2.58. The minimum atomic E-state index is 0.182. The zero-order valence-electron chi connectivity index (χ0n) is 19.3. The summed E-state index contributed by atoms with van der Waals surface area (Å²) in [4.78, 5) is 7.15. The van der Waals surface area contributed by atoms with Crippen LogP contribution < -0.4 is 15.4 Å². The van der Waals surface area contributed by atoms with Gasteiger partial charge >= 0.3 is 0 Å². The number of benzene rings is 1. The molecule has 2 fully saturated rings. The Labute approximate surface area is 182 Å². The van der Waals surface area contributed by atoms with Crippen molar-refractivity contribution in [2.24, 2.45) is 4.99 Å². The summed E-state index contributed by atoms with van der Waals surface area (Å²) in [6, 6.07) is 6.42. The molecule has 1 aromatic carbocycles. The molecule has 0 radical (unpaired) electrons. The molecule has 0 bridgehead atoms. The molecule has 0 spiro atoms. The highest BCUT2D eigenvalue weighted by molar-refractivity contribution is 5.79. The number of ether oxygens (including phenoxy) is 2. The van der Waals surface area contributed by atoms with Gasteiger partial charge < -0.3 is 20.1 Å². The summed E-state index contributed by atoms with van der Waals surface area (Å²) >= 11 is 0. The van der Waals surface area contributed by atoms with Gasteiger partial charge in [-0.15, -0.1) is 0 Å². The second-order valence-corrected chi connectivity index (χ2v) is 8.76. The number of aryl methyl sites for hydroxylation is 1. The van der Waals surface area contributed by atoms with E-state index in [1.165, 1.54) is 31.5 Å². The van der Waals surface area contributed by atoms with E-state index >= 15 is 0 Å². The molecule has 2 heterocycles. The van der Waals surface area contributed by atoms with Gasteiger partial charge in [0.2, 0.25) is 0 Å². The lowest BCUT2D eigenvalue weighted by Gasteiger charge is -2.45. The minimum absolute atomic E-state index is 0.182. The first-order chi connectivity index (χ1) is 14.6. The summed E-state index contributed by atoms with van der Waals surface area (Å²) in [6.07, 6.45) is 5.98. The fraction of sp³-hybridized carbons (Fsp3) is 0.708. The van der Waals surface area contributed by atoms with Crippen molar-refractivity contribution in [1.82, 2.24) is 15.5 Å². The van der Waals surface area contributed by atoms with Crippen LogP contribution in [0.15, 0.2) is 23.2 Å². The summed E-state index contributed by atoms with van der Waals surface area (Å²) < 4.78 is 11.8. The van der Waals surface area contributed by atoms with E-state index in [1.54, 1.807) is 0 Å². The molecule has 0 aromatic heterocycles. The molecule has 2 aliphatic heterocycles. The van der Waals surface area contributed by atoms with Crippen LogP contribution in [0.25, 0.3) is 0 Å². The van der Waals surface area contributed by atoms with Crippen molar-refractivity contribution in [2.45, 2.75) is 71.1 Å². The summed E-state index contributed by atoms with van der Waals surface area (Å²) in [5, 5.41) is 7.10. The number of nitrogens with one attached hydrogen (secondary N) is 2. The van der Waals surface area contributed by atoms with Crippen molar-refractivity contribution in [3.8, 4) is 5.75 Å². The molecule has 2 N–H and O–H groups in total. The number of likely N-dealkylation sites (tertiary alicyclic amines) is 1. The first-order valence-corrected chi connectivity index (χ1v) is 11.6. The second-order valence-electron chi connectivity index (χ2n) is 8.76. The molecule has 0 saturated carbocycles. The van der Waals surface area contributed by atoms with Gasteiger partial charge in [-0.05, 0) is 70.7 Å². The molecule has 30 heavy (non-hydrogen) atoms. The lowest BCUT2D eigenvalue weighted by atomic mass is 9.88. The number of aliphatic imine (C=N–C) groups is 1. The van der Waals surface area contributed by atoms with E-state index in [2.05, 4.69) is 59.5 Å². The Balaban J connectivity index is 1.61. The van der Waals surface area contributed by atoms with Gasteiger partial charge in [0.15, 0.2) is 5.96 Å². The topological polar surface area (TPSA) is 58.1 Å². The normalized spacial score (nSPS) is 20.7. The minimum Gasteiger partial charge on any atom is -0.490 e. The lowest BCUT2D eigenvalue weighted by molar-refractivity contribution is -0.0164. The van der Waals surface area contributed by atoms with Gasteiger partial charge in [-0.3, -0.25) is 9.89 Å². The predicted molar refractivity (Wildman–Crippen MR) is 123 cm³/mol. The Morgan fingerprint density at radius 3 is 2.63 bits per heavy atom. The highest BCUT2D eigenvalue weighted by Gasteiger charge is 2.39. The molecule has 3 rings (SSSR count). The highest BCUT2D eigenvalue weighted by atomic mass is 16.5. The van der Waals surface area contributed by atoms with E-state index in [0.717, 1.165) is 56.3 Å². The van der Waals surface area contributed by atoms with Crippen molar-refractivity contribution in [2.75, 3.05) is 39.9 Å². The van der Waals surface area contributed by atoms with E-state index < -0.39 is 0 Å². The largest absolute Gasteiger partial charge is 0.490 e. The van der Waals surface area contributed by atoms with Gasteiger partial charge in [0.05, 0.1) is 6.10 Å². The molecule has 1 unspecified atom stereocenters. The van der Waals surface area contributed by atoms with E-state index in [4.69, 9.17) is 9.47 Å². The van der Waals surface area contributed by atoms with Gasteiger partial charge in [-0.1, -0.05) is 19.1 Å². The molecule has 1 aromatic rings. The third-order valence-electron chi connectivity index (χ3n) is 6.58. The second kappa shape index (κ2) is 11.0. The number of rotatable bonds is 8. The van der Waals surface area contributed by atoms with Crippen LogP contribution in [0.5, 0.6) is 5.75 Å². The Hall–Kier alpha value is -1.79. The van der Waals surface area contributed by atoms with Gasteiger partial charge in [-0.25, -0.2) is 0 Å². The third-order valence-corrected chi connectivity index (χ3v) is 6.58. The van der Waals surface area contributed by atoms with Gasteiger partial charge in [0.25, 0.3) is 0 Å². The van der Waals surface area contributed by atoms with Crippen LogP contribution in [0.3, 0.4) is 0 Å². The molecule has 2 aliphatic rings. The van der Waals surface area contributed by atoms with Crippen LogP contribution in [0.4, 0.5) is 0 Å². The van der Waals surface area contributed by atoms with E-state index in [9.17, 15) is 0 Å². The number of hydrogen-bond donors (Lipinski definition) is 2. The van der Waals surface area contributed by atoms with Crippen LogP contribution in [-0.2, 0) is 11.3 Å². The standard InChI is InChI=1S/C24H40N4O2/c1-5-20(3)30-22-16-19(2)8-9-21(22)17-26-23(25-4)27-18-24(10-14-29-15-11-24)28-12-6-7-13-28/h8-9,16,20H,5-7,10-15,17-18H2,1-4H3,(H2,25,26,27). The summed E-state index contributed by atoms with van der Waals surface area (Å²) in [5.41, 5.74) is 2.55. The van der Waals surface area contributed by atoms with Gasteiger partial charge in [0, 0.05) is 44.5 Å². The van der Waals surface area contributed by atoms with Gasteiger partial charge in [0.1, 0.15) is 5.75 Å². The van der Waals surface area contributed by atoms with E-state index in [0.29, 0.717) is 6.54 Å². The van der Waals surface area contributed by atoms with Crippen molar-refractivity contribution in [3.63, 3.8) is 0 Å². The summed E-state index contributed by atoms with van der Waals surface area (Å²) in [7, 11) is 1.84. The SMILES string of the molecule is CCC(C)Oc1cc(C)ccc1CNC(=NC)NCC1(N2CCCC2)CCOCC1. The van der Waals surface area contributed by atoms with E-state index in [1.807, 2.05) is 7.05 Å². The van der Waals surface area contributed by atoms with Crippen molar-refractivity contribution >= 4 is 5.96 Å². The van der Waals surface area contributed by atoms with Crippen molar-refractivity contribution in [3.05, 3.63) is 29.3 Å². The maximum absolute atomic E-state index is 6.16. The highest BCUT2D eigenvalue weighted by Crippen LogP contribution is 2.30. The third kappa shape index (κ3) is 5.88. The Morgan fingerprint density at radius 1 is 1.23 bits per heavy atom. The number of guanidine groups is 1. The number of nitrogens with zero attached hydrogens (tertiary/aromatic N) is 2. The molecule has 2 saturated heterocycles. The quantitative estimate of drug-likeness (QED) is 0.502. The first kappa shape index (κ1) is 22.9. The summed E-state index contributed by atoms with van der Waals surface area (Å²) in [5.74, 6) is 1.81. The first-order valence-electron chi connectivity index (χ1n) is 11.6. The molecular formula is C24H40N4O2. The smallest absolute Gasteiger partial charge is 0.191 e. The summed E-state index contributed by atoms with van der Waals surface area (Å²) in [6.45, 7) is 12.1. The fourth-order valence-corrected chi connectivity index (χ4v) is 4.41. The molecule has 6 nitrogen and oxygen atoms in total. The molecule has 168 valence electrons. The average Bonchev–Trinajstić information content (AvgIpc) is 3.31. The van der Waals surface area contributed by atoms with E-state index in [-0.39, 0.29) is 11.6 Å². The molecular weight excluding hydrogens is 376 g/mol. The van der Waals surface area contributed by atoms with Gasteiger partial charge in [-0.2, -0.15) is 0 Å². The van der Waals surface area contributed by atoms with Crippen LogP contribution in [0, 0.1) is 6.92 Å². The maximum atomic E-state index is 6.16. The molecule has 6 heteroatoms. The Bertz CT molecular complexity index is 694. The zero-order valence-corrected chi connectivity index (χ0v) is 19.3. The predicted octanol–water partition coefficient (Wildman–Crippen LogP) is 3.48. The average molecular weight is 417 g/mol. The van der Waals surface area contributed by atoms with Crippen LogP contribution >= 0.6 is 0 Å². The number of hydrogen-bond acceptors (Lipinski definition) is 4. The Morgan fingerprint density at radius 2 is 1.97 bits per heavy atom. The monoisotopic (exact) mass is 416 g/mol. The molecule has 1 atom stereocenters. The zero-order chi connectivity index (χ0) is 21.4. The van der Waals surface area contributed by atoms with Crippen LogP contribution in [0.2, 0.25) is 0 Å². The van der Waals surface area contributed by atoms with Crippen LogP contribution in [-0.4, -0.2) is 62.4 Å². The fourth-order valence-electron chi connectivity index (χ4n) is 4.41. The Kier molecular flexibility index (Phi) is 8.40. The van der Waals surface area contributed by atoms with Crippen LogP contribution in [0.1, 0.15) is 57.1 Å². The van der Waals surface area contributed by atoms with Crippen molar-refractivity contribution < 1.29 is 9.47 Å². The molecule has 0 aliphatic carbocycles.